The highest BCUT2D eigenvalue weighted by molar-refractivity contribution is 7.47. The molecule has 2 atom stereocenters. The van der Waals surface area contributed by atoms with Gasteiger partial charge in [-0.3, -0.25) is 18.6 Å². The van der Waals surface area contributed by atoms with E-state index in [-0.39, 0.29) is 38.6 Å². The summed E-state index contributed by atoms with van der Waals surface area (Å²) in [4.78, 5) is 35.2. The maximum Gasteiger partial charge on any atom is 0.472 e. The summed E-state index contributed by atoms with van der Waals surface area (Å²) in [6.45, 7) is 3.67. The van der Waals surface area contributed by atoms with Crippen molar-refractivity contribution in [2.24, 2.45) is 5.73 Å². The van der Waals surface area contributed by atoms with E-state index in [9.17, 15) is 19.0 Å². The van der Waals surface area contributed by atoms with Crippen LogP contribution in [0.25, 0.3) is 0 Å². The monoisotopic (exact) mass is 1110 g/mol. The van der Waals surface area contributed by atoms with Crippen LogP contribution in [-0.4, -0.2) is 49.3 Å². The molecule has 0 aliphatic heterocycles. The van der Waals surface area contributed by atoms with Gasteiger partial charge in [0.05, 0.1) is 13.2 Å². The number of allylic oxidation sites excluding steroid dienone is 6. The largest absolute Gasteiger partial charge is 0.472 e. The van der Waals surface area contributed by atoms with E-state index in [0.29, 0.717) is 6.42 Å². The summed E-state index contributed by atoms with van der Waals surface area (Å²) in [7, 11) is -4.39. The molecule has 0 amide bonds. The third kappa shape index (κ3) is 63.3. The Morgan fingerprint density at radius 3 is 1.06 bits per heavy atom. The molecule has 0 saturated carbocycles. The van der Waals surface area contributed by atoms with Gasteiger partial charge < -0.3 is 20.1 Å². The summed E-state index contributed by atoms with van der Waals surface area (Å²) < 4.78 is 33.1. The van der Waals surface area contributed by atoms with E-state index in [4.69, 9.17) is 24.3 Å². The standard InChI is InChI=1S/C67H128NO8P/c1-3-5-7-9-11-13-15-17-19-21-22-23-24-25-26-27-28-29-30-31-32-33-34-35-36-37-38-39-40-41-42-44-45-47-49-51-53-55-57-59-66(69)73-63-65(64-75-77(71,72)74-62-61-68)76-67(70)60-58-56-54-52-50-48-46-43-20-18-16-14-12-10-8-6-4-2/h6,8,12,14,18,20,65H,3-5,7,9-11,13,15-17,19,21-64,68H2,1-2H3,(H,71,72)/b8-6-,14-12-,20-18-. The van der Waals surface area contributed by atoms with Gasteiger partial charge in [0.15, 0.2) is 6.10 Å². The molecule has 0 fully saturated rings. The van der Waals surface area contributed by atoms with Crippen molar-refractivity contribution < 1.29 is 37.6 Å². The summed E-state index contributed by atoms with van der Waals surface area (Å²) in [5, 5.41) is 0. The number of phosphoric acid groups is 1. The number of ether oxygens (including phenoxy) is 2. The zero-order valence-electron chi connectivity index (χ0n) is 51.0. The van der Waals surface area contributed by atoms with Crippen molar-refractivity contribution in [1.82, 2.24) is 0 Å². The summed E-state index contributed by atoms with van der Waals surface area (Å²) in [5.41, 5.74) is 5.38. The molecule has 0 spiro atoms. The van der Waals surface area contributed by atoms with Crippen LogP contribution < -0.4 is 5.73 Å². The van der Waals surface area contributed by atoms with Crippen LogP contribution in [0.5, 0.6) is 0 Å². The topological polar surface area (TPSA) is 134 Å². The Balaban J connectivity index is 3.72. The average Bonchev–Trinajstić information content (AvgIpc) is 3.42. The average molecular weight is 1110 g/mol. The van der Waals surface area contributed by atoms with Gasteiger partial charge in [-0.1, -0.05) is 326 Å². The lowest BCUT2D eigenvalue weighted by atomic mass is 10.0. The molecule has 0 rings (SSSR count). The van der Waals surface area contributed by atoms with Gasteiger partial charge in [0.25, 0.3) is 0 Å². The SMILES string of the molecule is CC/C=C\C/C=C\C/C=C\CCCCCCCCCC(=O)OC(COC(=O)CCCCCCCCCCCCCCCCCCCCCCCCCCCCCCCCCCCCCCCCC)COP(=O)(O)OCCN. The lowest BCUT2D eigenvalue weighted by Gasteiger charge is -2.19. The molecule has 0 bridgehead atoms. The van der Waals surface area contributed by atoms with Gasteiger partial charge in [-0.25, -0.2) is 4.57 Å². The van der Waals surface area contributed by atoms with Crippen LogP contribution in [0, 0.1) is 0 Å². The number of phosphoric ester groups is 1. The summed E-state index contributed by atoms with van der Waals surface area (Å²) in [6.07, 6.45) is 78.4. The highest BCUT2D eigenvalue weighted by Gasteiger charge is 2.26. The minimum absolute atomic E-state index is 0.0525. The van der Waals surface area contributed by atoms with Crippen molar-refractivity contribution in [2.45, 2.75) is 354 Å². The normalized spacial score (nSPS) is 13.1. The van der Waals surface area contributed by atoms with Gasteiger partial charge in [0.2, 0.25) is 0 Å². The Morgan fingerprint density at radius 1 is 0.403 bits per heavy atom. The van der Waals surface area contributed by atoms with E-state index in [1.165, 1.54) is 250 Å². The minimum atomic E-state index is -4.39. The van der Waals surface area contributed by atoms with Crippen LogP contribution in [0.15, 0.2) is 36.5 Å². The predicted molar refractivity (Wildman–Crippen MR) is 330 cm³/mol. The lowest BCUT2D eigenvalue weighted by Crippen LogP contribution is -2.29. The molecular weight excluding hydrogens is 978 g/mol. The molecule has 0 aromatic rings. The first kappa shape index (κ1) is 75.2. The Labute approximate surface area is 477 Å². The third-order valence-corrected chi connectivity index (χ3v) is 16.0. The van der Waals surface area contributed by atoms with Gasteiger partial charge in [-0.15, -0.1) is 0 Å². The maximum atomic E-state index is 12.7. The molecule has 2 unspecified atom stereocenters. The zero-order valence-corrected chi connectivity index (χ0v) is 51.9. The molecule has 0 aliphatic carbocycles. The number of hydrogen-bond donors (Lipinski definition) is 2. The van der Waals surface area contributed by atoms with E-state index in [2.05, 4.69) is 50.3 Å². The van der Waals surface area contributed by atoms with E-state index in [1.807, 2.05) is 0 Å². The molecule has 9 nitrogen and oxygen atoms in total. The van der Waals surface area contributed by atoms with Crippen molar-refractivity contribution in [3.63, 3.8) is 0 Å². The summed E-state index contributed by atoms with van der Waals surface area (Å²) >= 11 is 0. The van der Waals surface area contributed by atoms with E-state index in [1.54, 1.807) is 0 Å². The van der Waals surface area contributed by atoms with Crippen molar-refractivity contribution in [3.05, 3.63) is 36.5 Å². The first-order valence-electron chi connectivity index (χ1n) is 33.5. The van der Waals surface area contributed by atoms with Crippen LogP contribution in [0.1, 0.15) is 348 Å². The van der Waals surface area contributed by atoms with E-state index >= 15 is 0 Å². The molecule has 0 aliphatic rings. The fourth-order valence-corrected chi connectivity index (χ4v) is 10.9. The molecule has 0 saturated heterocycles. The van der Waals surface area contributed by atoms with Crippen molar-refractivity contribution >= 4 is 19.8 Å². The molecule has 10 heteroatoms. The van der Waals surface area contributed by atoms with Crippen molar-refractivity contribution in [2.75, 3.05) is 26.4 Å². The first-order valence-corrected chi connectivity index (χ1v) is 35.0. The zero-order chi connectivity index (χ0) is 55.9. The van der Waals surface area contributed by atoms with Crippen LogP contribution in [-0.2, 0) is 32.7 Å². The summed E-state index contributed by atoms with van der Waals surface area (Å²) in [6, 6.07) is 0. The van der Waals surface area contributed by atoms with Crippen molar-refractivity contribution in [3.8, 4) is 0 Å². The van der Waals surface area contributed by atoms with Gasteiger partial charge in [0, 0.05) is 19.4 Å². The number of esters is 2. The van der Waals surface area contributed by atoms with Crippen LogP contribution in [0.4, 0.5) is 0 Å². The highest BCUT2D eigenvalue weighted by Crippen LogP contribution is 2.43. The predicted octanol–water partition coefficient (Wildman–Crippen LogP) is 21.5. The second-order valence-electron chi connectivity index (χ2n) is 22.7. The number of unbranched alkanes of at least 4 members (excludes halogenated alkanes) is 45. The fraction of sp³-hybridized carbons (Fsp3) is 0.881. The van der Waals surface area contributed by atoms with Gasteiger partial charge in [-0.05, 0) is 44.9 Å². The number of rotatable bonds is 64. The van der Waals surface area contributed by atoms with Crippen molar-refractivity contribution in [1.29, 1.82) is 0 Å². The molecule has 0 aromatic heterocycles. The minimum Gasteiger partial charge on any atom is -0.462 e. The molecular formula is C67H128NO8P. The number of carbonyl (C=O) groups is 2. The molecule has 0 heterocycles. The molecule has 0 aromatic carbocycles. The van der Waals surface area contributed by atoms with Gasteiger partial charge in [-0.2, -0.15) is 0 Å². The molecule has 77 heavy (non-hydrogen) atoms. The number of hydrogen-bond acceptors (Lipinski definition) is 8. The smallest absolute Gasteiger partial charge is 0.462 e. The Hall–Kier alpha value is -1.77. The van der Waals surface area contributed by atoms with E-state index < -0.39 is 26.5 Å². The highest BCUT2D eigenvalue weighted by atomic mass is 31.2. The maximum absolute atomic E-state index is 12.7. The number of nitrogens with two attached hydrogens (primary N) is 1. The Bertz CT molecular complexity index is 1350. The van der Waals surface area contributed by atoms with Crippen LogP contribution in [0.3, 0.4) is 0 Å². The second kappa shape index (κ2) is 63.4. The quantitative estimate of drug-likeness (QED) is 0.0264. The Kier molecular flexibility index (Phi) is 62.0. The molecule has 3 N–H and O–H groups in total. The first-order chi connectivity index (χ1) is 37.8. The van der Waals surface area contributed by atoms with Gasteiger partial charge in [0.1, 0.15) is 6.61 Å². The third-order valence-electron chi connectivity index (χ3n) is 15.0. The summed E-state index contributed by atoms with van der Waals surface area (Å²) in [5.74, 6) is -0.824. The fourth-order valence-electron chi connectivity index (χ4n) is 10.1. The molecule has 454 valence electrons. The van der Waals surface area contributed by atoms with Gasteiger partial charge >= 0.3 is 19.8 Å². The second-order valence-corrected chi connectivity index (χ2v) is 24.1. The molecule has 0 radical (unpaired) electrons. The van der Waals surface area contributed by atoms with E-state index in [0.717, 1.165) is 64.2 Å². The van der Waals surface area contributed by atoms with Crippen LogP contribution >= 0.6 is 7.82 Å². The number of carbonyl (C=O) groups excluding carboxylic acids is 2. The lowest BCUT2D eigenvalue weighted by molar-refractivity contribution is -0.161. The van der Waals surface area contributed by atoms with Crippen LogP contribution in [0.2, 0.25) is 0 Å². The Morgan fingerprint density at radius 2 is 0.714 bits per heavy atom.